The Bertz CT molecular complexity index is 265. The summed E-state index contributed by atoms with van der Waals surface area (Å²) in [5.74, 6) is 0. The smallest absolute Gasteiger partial charge is 0.0591 e. The van der Waals surface area contributed by atoms with Crippen LogP contribution in [0.2, 0.25) is 0 Å². The minimum Gasteiger partial charge on any atom is -0.393 e. The Morgan fingerprint density at radius 1 is 1.64 bits per heavy atom. The lowest BCUT2D eigenvalue weighted by atomic mass is 9.97. The maximum atomic E-state index is 9.37. The van der Waals surface area contributed by atoms with E-state index in [0.717, 1.165) is 19.3 Å². The van der Waals surface area contributed by atoms with Crippen LogP contribution in [-0.4, -0.2) is 11.2 Å². The second kappa shape index (κ2) is 2.61. The fourth-order valence-corrected chi connectivity index (χ4v) is 2.80. The van der Waals surface area contributed by atoms with E-state index >= 15 is 0 Å². The van der Waals surface area contributed by atoms with Crippen LogP contribution in [0.15, 0.2) is 6.07 Å². The minimum atomic E-state index is -0.0828. The van der Waals surface area contributed by atoms with Gasteiger partial charge in [0.05, 0.1) is 6.10 Å². The van der Waals surface area contributed by atoms with Crippen LogP contribution in [0.4, 0.5) is 0 Å². The van der Waals surface area contributed by atoms with Crippen molar-refractivity contribution < 1.29 is 5.11 Å². The Hall–Kier alpha value is -0.340. The highest BCUT2D eigenvalue weighted by Gasteiger charge is 2.17. The van der Waals surface area contributed by atoms with Crippen molar-refractivity contribution in [3.05, 3.63) is 21.4 Å². The van der Waals surface area contributed by atoms with Gasteiger partial charge >= 0.3 is 0 Å². The molecular weight excluding hydrogens is 156 g/mol. The Morgan fingerprint density at radius 2 is 2.45 bits per heavy atom. The standard InChI is InChI=1S/C9H12OS/c1-6-4-7-2-3-8(10)5-9(7)11-6/h4,8,10H,2-3,5H2,1H3. The SMILES string of the molecule is Cc1cc2c(s1)CC(O)CC2. The molecule has 1 atom stereocenters. The quantitative estimate of drug-likeness (QED) is 0.627. The van der Waals surface area contributed by atoms with Crippen LogP contribution in [-0.2, 0) is 12.8 Å². The van der Waals surface area contributed by atoms with Crippen molar-refractivity contribution in [3.8, 4) is 0 Å². The molecule has 1 N–H and O–H groups in total. The van der Waals surface area contributed by atoms with Gasteiger partial charge in [-0.05, 0) is 31.4 Å². The molecule has 0 fully saturated rings. The van der Waals surface area contributed by atoms with Gasteiger partial charge in [-0.1, -0.05) is 0 Å². The van der Waals surface area contributed by atoms with Gasteiger partial charge in [-0.15, -0.1) is 11.3 Å². The van der Waals surface area contributed by atoms with Gasteiger partial charge in [-0.3, -0.25) is 0 Å². The first-order valence-electron chi connectivity index (χ1n) is 4.02. The summed E-state index contributed by atoms with van der Waals surface area (Å²) in [6.07, 6.45) is 2.82. The Kier molecular flexibility index (Phi) is 1.74. The molecule has 1 nitrogen and oxygen atoms in total. The molecule has 2 heteroatoms. The van der Waals surface area contributed by atoms with Crippen molar-refractivity contribution in [3.63, 3.8) is 0 Å². The summed E-state index contributed by atoms with van der Waals surface area (Å²) in [6, 6.07) is 2.26. The third-order valence-corrected chi connectivity index (χ3v) is 3.30. The second-order valence-electron chi connectivity index (χ2n) is 3.20. The summed E-state index contributed by atoms with van der Waals surface area (Å²) in [4.78, 5) is 2.78. The molecule has 1 aromatic rings. The molecular formula is C9H12OS. The number of thiophene rings is 1. The molecule has 0 bridgehead atoms. The van der Waals surface area contributed by atoms with E-state index in [1.54, 1.807) is 0 Å². The number of rotatable bonds is 0. The van der Waals surface area contributed by atoms with Gasteiger partial charge < -0.3 is 5.11 Å². The molecule has 1 aromatic heterocycles. The third-order valence-electron chi connectivity index (χ3n) is 2.19. The molecule has 1 aliphatic rings. The zero-order valence-corrected chi connectivity index (χ0v) is 7.45. The molecule has 0 spiro atoms. The molecule has 11 heavy (non-hydrogen) atoms. The fourth-order valence-electron chi connectivity index (χ4n) is 1.64. The van der Waals surface area contributed by atoms with Crippen LogP contribution in [0.3, 0.4) is 0 Å². The molecule has 2 rings (SSSR count). The lowest BCUT2D eigenvalue weighted by Gasteiger charge is -2.16. The van der Waals surface area contributed by atoms with Gasteiger partial charge in [-0.25, -0.2) is 0 Å². The summed E-state index contributed by atoms with van der Waals surface area (Å²) in [5, 5.41) is 9.37. The molecule has 0 saturated carbocycles. The normalized spacial score (nSPS) is 23.3. The first-order valence-corrected chi connectivity index (χ1v) is 4.83. The Morgan fingerprint density at radius 3 is 3.27 bits per heavy atom. The number of aliphatic hydroxyl groups is 1. The summed E-state index contributed by atoms with van der Waals surface area (Å²) < 4.78 is 0. The Labute approximate surface area is 70.7 Å². The number of fused-ring (bicyclic) bond motifs is 1. The van der Waals surface area contributed by atoms with Gasteiger partial charge in [0.25, 0.3) is 0 Å². The van der Waals surface area contributed by atoms with Gasteiger partial charge in [0.15, 0.2) is 0 Å². The highest BCUT2D eigenvalue weighted by atomic mass is 32.1. The highest BCUT2D eigenvalue weighted by Crippen LogP contribution is 2.28. The predicted octanol–water partition coefficient (Wildman–Crippen LogP) is 1.91. The van der Waals surface area contributed by atoms with Crippen molar-refractivity contribution in [2.45, 2.75) is 32.3 Å². The first kappa shape index (κ1) is 7.32. The maximum Gasteiger partial charge on any atom is 0.0591 e. The minimum absolute atomic E-state index is 0.0828. The Balaban J connectivity index is 2.34. The monoisotopic (exact) mass is 168 g/mol. The van der Waals surface area contributed by atoms with Crippen molar-refractivity contribution >= 4 is 11.3 Å². The molecule has 1 heterocycles. The van der Waals surface area contributed by atoms with E-state index in [1.165, 1.54) is 15.3 Å². The summed E-state index contributed by atoms with van der Waals surface area (Å²) in [5.41, 5.74) is 1.47. The van der Waals surface area contributed by atoms with Crippen LogP contribution >= 0.6 is 11.3 Å². The first-order chi connectivity index (χ1) is 5.25. The summed E-state index contributed by atoms with van der Waals surface area (Å²) in [7, 11) is 0. The molecule has 1 unspecified atom stereocenters. The van der Waals surface area contributed by atoms with Crippen LogP contribution in [0.25, 0.3) is 0 Å². The van der Waals surface area contributed by atoms with Crippen LogP contribution in [0.1, 0.15) is 21.7 Å². The van der Waals surface area contributed by atoms with E-state index in [2.05, 4.69) is 13.0 Å². The molecule has 0 radical (unpaired) electrons. The molecule has 0 saturated heterocycles. The molecule has 0 aromatic carbocycles. The van der Waals surface area contributed by atoms with Crippen LogP contribution in [0, 0.1) is 6.92 Å². The zero-order valence-electron chi connectivity index (χ0n) is 6.63. The van der Waals surface area contributed by atoms with E-state index in [4.69, 9.17) is 0 Å². The largest absolute Gasteiger partial charge is 0.393 e. The number of hydrogen-bond donors (Lipinski definition) is 1. The van der Waals surface area contributed by atoms with Crippen LogP contribution in [0.5, 0.6) is 0 Å². The van der Waals surface area contributed by atoms with Crippen molar-refractivity contribution in [1.82, 2.24) is 0 Å². The van der Waals surface area contributed by atoms with Crippen molar-refractivity contribution in [1.29, 1.82) is 0 Å². The topological polar surface area (TPSA) is 20.2 Å². The van der Waals surface area contributed by atoms with E-state index < -0.39 is 0 Å². The number of aliphatic hydroxyl groups excluding tert-OH is 1. The lowest BCUT2D eigenvalue weighted by Crippen LogP contribution is -2.16. The van der Waals surface area contributed by atoms with Gasteiger partial charge in [0.1, 0.15) is 0 Å². The molecule has 60 valence electrons. The number of hydrogen-bond acceptors (Lipinski definition) is 2. The van der Waals surface area contributed by atoms with E-state index in [9.17, 15) is 5.11 Å². The maximum absolute atomic E-state index is 9.37. The molecule has 0 aliphatic heterocycles. The second-order valence-corrected chi connectivity index (χ2v) is 4.54. The highest BCUT2D eigenvalue weighted by molar-refractivity contribution is 7.12. The van der Waals surface area contributed by atoms with E-state index in [-0.39, 0.29) is 6.10 Å². The fraction of sp³-hybridized carbons (Fsp3) is 0.556. The molecule has 0 amide bonds. The average molecular weight is 168 g/mol. The third kappa shape index (κ3) is 1.33. The summed E-state index contributed by atoms with van der Waals surface area (Å²) in [6.45, 7) is 2.13. The van der Waals surface area contributed by atoms with E-state index in [0.29, 0.717) is 0 Å². The van der Waals surface area contributed by atoms with Crippen LogP contribution < -0.4 is 0 Å². The predicted molar refractivity (Wildman–Crippen MR) is 47.1 cm³/mol. The van der Waals surface area contributed by atoms with Gasteiger partial charge in [0, 0.05) is 16.2 Å². The zero-order chi connectivity index (χ0) is 7.84. The van der Waals surface area contributed by atoms with Crippen molar-refractivity contribution in [2.24, 2.45) is 0 Å². The van der Waals surface area contributed by atoms with Gasteiger partial charge in [-0.2, -0.15) is 0 Å². The molecule has 1 aliphatic carbocycles. The summed E-state index contributed by atoms with van der Waals surface area (Å²) >= 11 is 1.83. The number of aryl methyl sites for hydroxylation is 2. The van der Waals surface area contributed by atoms with Gasteiger partial charge in [0.2, 0.25) is 0 Å². The van der Waals surface area contributed by atoms with E-state index in [1.807, 2.05) is 11.3 Å². The lowest BCUT2D eigenvalue weighted by molar-refractivity contribution is 0.160. The van der Waals surface area contributed by atoms with Crippen molar-refractivity contribution in [2.75, 3.05) is 0 Å². The average Bonchev–Trinajstić information content (AvgIpc) is 2.27.